The Kier molecular flexibility index (Phi) is 3.84. The number of amides is 1. The molecule has 17 heavy (non-hydrogen) atoms. The molecule has 3 nitrogen and oxygen atoms in total. The van der Waals surface area contributed by atoms with Crippen LogP contribution >= 0.6 is 22.9 Å². The fourth-order valence-electron chi connectivity index (χ4n) is 1.92. The first-order valence-electron chi connectivity index (χ1n) is 5.64. The highest BCUT2D eigenvalue weighted by atomic mass is 35.5. The van der Waals surface area contributed by atoms with Gasteiger partial charge in [0.25, 0.3) is 5.91 Å². The third kappa shape index (κ3) is 2.87. The van der Waals surface area contributed by atoms with E-state index in [1.54, 1.807) is 0 Å². The molecule has 1 N–H and O–H groups in total. The smallest absolute Gasteiger partial charge is 0.263 e. The number of thiophene rings is 1. The van der Waals surface area contributed by atoms with Gasteiger partial charge >= 0.3 is 0 Å². The number of carbonyl (C=O) groups excluding carboxylic acids is 2. The maximum absolute atomic E-state index is 12.0. The predicted molar refractivity (Wildman–Crippen MR) is 68.8 cm³/mol. The molecule has 1 aliphatic rings. The topological polar surface area (TPSA) is 46.2 Å². The van der Waals surface area contributed by atoms with Crippen molar-refractivity contribution in [1.29, 1.82) is 0 Å². The minimum absolute atomic E-state index is 0.110. The van der Waals surface area contributed by atoms with E-state index >= 15 is 0 Å². The van der Waals surface area contributed by atoms with Crippen LogP contribution in [0.1, 0.15) is 40.9 Å². The predicted octanol–water partition coefficient (Wildman–Crippen LogP) is 2.95. The Morgan fingerprint density at radius 3 is 2.65 bits per heavy atom. The van der Waals surface area contributed by atoms with Gasteiger partial charge in [-0.3, -0.25) is 9.59 Å². The molecule has 5 heteroatoms. The van der Waals surface area contributed by atoms with E-state index < -0.39 is 0 Å². The summed E-state index contributed by atoms with van der Waals surface area (Å²) in [5.74, 6) is 0.174. The van der Waals surface area contributed by atoms with E-state index in [2.05, 4.69) is 5.32 Å². The monoisotopic (exact) mass is 271 g/mol. The Hall–Kier alpha value is -0.870. The molecule has 0 saturated heterocycles. The molecular weight excluding hydrogens is 258 g/mol. The lowest BCUT2D eigenvalue weighted by molar-refractivity contribution is -0.120. The van der Waals surface area contributed by atoms with Crippen molar-refractivity contribution in [3.8, 4) is 0 Å². The number of hydrogen-bond acceptors (Lipinski definition) is 3. The molecule has 0 atom stereocenters. The van der Waals surface area contributed by atoms with E-state index in [1.807, 2.05) is 12.3 Å². The van der Waals surface area contributed by atoms with Crippen LogP contribution in [-0.2, 0) is 4.79 Å². The summed E-state index contributed by atoms with van der Waals surface area (Å²) in [6.45, 7) is 1.88. The third-order valence-corrected chi connectivity index (χ3v) is 4.68. The Labute approximate surface area is 109 Å². The Balaban J connectivity index is 1.98. The molecule has 92 valence electrons. The van der Waals surface area contributed by atoms with Gasteiger partial charge in [0.2, 0.25) is 0 Å². The molecule has 2 rings (SSSR count). The fourth-order valence-corrected chi connectivity index (χ4v) is 3.10. The number of halogens is 1. The van der Waals surface area contributed by atoms with E-state index in [1.165, 1.54) is 11.3 Å². The first-order valence-corrected chi connectivity index (χ1v) is 6.90. The molecule has 1 aromatic heterocycles. The highest BCUT2D eigenvalue weighted by Crippen LogP contribution is 2.27. The fraction of sp³-hybridized carbons (Fsp3) is 0.500. The second-order valence-electron chi connectivity index (χ2n) is 4.35. The number of rotatable bonds is 2. The van der Waals surface area contributed by atoms with Gasteiger partial charge in [-0.05, 0) is 30.7 Å². The van der Waals surface area contributed by atoms with Crippen molar-refractivity contribution < 1.29 is 9.59 Å². The summed E-state index contributed by atoms with van der Waals surface area (Å²) in [7, 11) is 0. The molecular formula is C12H14ClNO2S. The maximum atomic E-state index is 12.0. The molecule has 0 aromatic carbocycles. The van der Waals surface area contributed by atoms with Crippen molar-refractivity contribution in [2.75, 3.05) is 0 Å². The van der Waals surface area contributed by atoms with Crippen molar-refractivity contribution in [2.24, 2.45) is 0 Å². The number of hydrogen-bond donors (Lipinski definition) is 1. The van der Waals surface area contributed by atoms with E-state index in [-0.39, 0.29) is 11.9 Å². The quantitative estimate of drug-likeness (QED) is 0.899. The second kappa shape index (κ2) is 5.19. The standard InChI is InChI=1S/C12H14ClNO2S/c1-7-6-17-11(10(7)13)12(16)14-8-2-4-9(15)5-3-8/h6,8H,2-5H2,1H3,(H,14,16). The molecule has 1 aromatic rings. The molecule has 1 amide bonds. The average molecular weight is 272 g/mol. The summed E-state index contributed by atoms with van der Waals surface area (Å²) in [4.78, 5) is 23.6. The molecule has 0 radical (unpaired) electrons. The van der Waals surface area contributed by atoms with Gasteiger partial charge in [-0.15, -0.1) is 11.3 Å². The molecule has 1 saturated carbocycles. The summed E-state index contributed by atoms with van der Waals surface area (Å²) in [5, 5.41) is 5.36. The maximum Gasteiger partial charge on any atom is 0.263 e. The van der Waals surface area contributed by atoms with E-state index in [9.17, 15) is 9.59 Å². The van der Waals surface area contributed by atoms with Crippen LogP contribution in [0.2, 0.25) is 5.02 Å². The van der Waals surface area contributed by atoms with Crippen LogP contribution in [0.15, 0.2) is 5.38 Å². The number of carbonyl (C=O) groups is 2. The average Bonchev–Trinajstić information content (AvgIpc) is 2.63. The lowest BCUT2D eigenvalue weighted by atomic mass is 9.94. The van der Waals surface area contributed by atoms with Gasteiger partial charge in [-0.1, -0.05) is 11.6 Å². The summed E-state index contributed by atoms with van der Waals surface area (Å²) in [6.07, 6.45) is 2.63. The zero-order chi connectivity index (χ0) is 12.4. The molecule has 1 aliphatic carbocycles. The van der Waals surface area contributed by atoms with Gasteiger partial charge < -0.3 is 5.32 Å². The highest BCUT2D eigenvalue weighted by Gasteiger charge is 2.22. The summed E-state index contributed by atoms with van der Waals surface area (Å²) in [6, 6.07) is 0.110. The van der Waals surface area contributed by atoms with Gasteiger partial charge in [0, 0.05) is 18.9 Å². The largest absolute Gasteiger partial charge is 0.349 e. The van der Waals surface area contributed by atoms with Crippen molar-refractivity contribution in [1.82, 2.24) is 5.32 Å². The summed E-state index contributed by atoms with van der Waals surface area (Å²) >= 11 is 7.40. The van der Waals surface area contributed by atoms with Gasteiger partial charge in [0.15, 0.2) is 0 Å². The number of nitrogens with one attached hydrogen (secondary N) is 1. The lowest BCUT2D eigenvalue weighted by Crippen LogP contribution is -2.37. The lowest BCUT2D eigenvalue weighted by Gasteiger charge is -2.21. The van der Waals surface area contributed by atoms with E-state index in [0.717, 1.165) is 18.4 Å². The number of aryl methyl sites for hydroxylation is 1. The Bertz CT molecular complexity index is 445. The van der Waals surface area contributed by atoms with Crippen LogP contribution in [0, 0.1) is 6.92 Å². The van der Waals surface area contributed by atoms with Crippen LogP contribution < -0.4 is 5.32 Å². The molecule has 0 unspecified atom stereocenters. The van der Waals surface area contributed by atoms with Crippen molar-refractivity contribution in [3.05, 3.63) is 20.8 Å². The molecule has 0 bridgehead atoms. The molecule has 0 aliphatic heterocycles. The first kappa shape index (κ1) is 12.6. The molecule has 0 spiro atoms. The van der Waals surface area contributed by atoms with Crippen LogP contribution in [0.4, 0.5) is 0 Å². The number of ketones is 1. The zero-order valence-electron chi connectivity index (χ0n) is 9.59. The molecule has 1 fully saturated rings. The minimum atomic E-state index is -0.118. The van der Waals surface area contributed by atoms with E-state index in [4.69, 9.17) is 11.6 Å². The van der Waals surface area contributed by atoms with Gasteiger partial charge in [0.05, 0.1) is 5.02 Å². The summed E-state index contributed by atoms with van der Waals surface area (Å²) < 4.78 is 0. The Morgan fingerprint density at radius 2 is 2.12 bits per heavy atom. The van der Waals surface area contributed by atoms with Crippen LogP contribution in [0.5, 0.6) is 0 Å². The van der Waals surface area contributed by atoms with Crippen molar-refractivity contribution >= 4 is 34.6 Å². The van der Waals surface area contributed by atoms with Crippen molar-refractivity contribution in [2.45, 2.75) is 38.6 Å². The Morgan fingerprint density at radius 1 is 1.47 bits per heavy atom. The first-order chi connectivity index (χ1) is 8.08. The van der Waals surface area contributed by atoms with Crippen LogP contribution in [-0.4, -0.2) is 17.7 Å². The minimum Gasteiger partial charge on any atom is -0.349 e. The second-order valence-corrected chi connectivity index (χ2v) is 5.61. The van der Waals surface area contributed by atoms with Crippen LogP contribution in [0.25, 0.3) is 0 Å². The van der Waals surface area contributed by atoms with Crippen LogP contribution in [0.3, 0.4) is 0 Å². The zero-order valence-corrected chi connectivity index (χ0v) is 11.2. The summed E-state index contributed by atoms with van der Waals surface area (Å²) in [5.41, 5.74) is 0.931. The van der Waals surface area contributed by atoms with E-state index in [0.29, 0.717) is 28.5 Å². The third-order valence-electron chi connectivity index (χ3n) is 2.98. The van der Waals surface area contributed by atoms with Gasteiger partial charge in [-0.2, -0.15) is 0 Å². The number of Topliss-reactive ketones (excluding diaryl/α,β-unsaturated/α-hetero) is 1. The normalized spacial score (nSPS) is 17.2. The highest BCUT2D eigenvalue weighted by molar-refractivity contribution is 7.13. The molecule has 1 heterocycles. The van der Waals surface area contributed by atoms with Gasteiger partial charge in [0.1, 0.15) is 10.7 Å². The van der Waals surface area contributed by atoms with Crippen molar-refractivity contribution in [3.63, 3.8) is 0 Å². The van der Waals surface area contributed by atoms with Gasteiger partial charge in [-0.25, -0.2) is 0 Å². The SMILES string of the molecule is Cc1csc(C(=O)NC2CCC(=O)CC2)c1Cl.